The maximum absolute atomic E-state index is 13.5. The van der Waals surface area contributed by atoms with Crippen molar-refractivity contribution in [1.29, 1.82) is 0 Å². The lowest BCUT2D eigenvalue weighted by Gasteiger charge is -2.17. The van der Waals surface area contributed by atoms with Gasteiger partial charge < -0.3 is 5.32 Å². The third-order valence-corrected chi connectivity index (χ3v) is 4.38. The van der Waals surface area contributed by atoms with Crippen molar-refractivity contribution in [3.8, 4) is 0 Å². The number of carbonyl (C=O) groups excluding carboxylic acids is 1. The van der Waals surface area contributed by atoms with Crippen LogP contribution in [0.15, 0.2) is 42.5 Å². The molecule has 0 heterocycles. The molecule has 0 aromatic heterocycles. The highest BCUT2D eigenvalue weighted by Gasteiger charge is 2.16. The van der Waals surface area contributed by atoms with Crippen LogP contribution in [-0.4, -0.2) is 27.6 Å². The minimum Gasteiger partial charge on any atom is -0.317 e. The summed E-state index contributed by atoms with van der Waals surface area (Å²) in [6, 6.07) is 8.93. The van der Waals surface area contributed by atoms with Crippen molar-refractivity contribution in [2.45, 2.75) is 0 Å². The number of carbonyl (C=O) groups is 1. The van der Waals surface area contributed by atoms with Crippen LogP contribution in [0.25, 0.3) is 0 Å². The van der Waals surface area contributed by atoms with Gasteiger partial charge in [0.1, 0.15) is 17.3 Å². The molecule has 0 bridgehead atoms. The predicted molar refractivity (Wildman–Crippen MR) is 84.0 cm³/mol. The number of halogens is 2. The predicted octanol–water partition coefficient (Wildman–Crippen LogP) is 2.61. The Bertz CT molecular complexity index is 833. The van der Waals surface area contributed by atoms with Crippen molar-refractivity contribution in [3.63, 3.8) is 0 Å². The largest absolute Gasteiger partial charge is 0.317 e. The van der Waals surface area contributed by atoms with Gasteiger partial charge >= 0.3 is 0 Å². The van der Waals surface area contributed by atoms with Gasteiger partial charge in [0.25, 0.3) is 5.91 Å². The fraction of sp³-hybridized carbons (Fsp3) is 0.133. The smallest absolute Gasteiger partial charge is 0.255 e. The van der Waals surface area contributed by atoms with Crippen molar-refractivity contribution < 1.29 is 22.0 Å². The van der Waals surface area contributed by atoms with Crippen molar-refractivity contribution in [3.05, 3.63) is 59.7 Å². The number of hydrogen-bond acceptors (Lipinski definition) is 3. The van der Waals surface area contributed by atoms with Crippen LogP contribution in [0.2, 0.25) is 0 Å². The van der Waals surface area contributed by atoms with Crippen molar-refractivity contribution >= 4 is 27.3 Å². The second-order valence-electron chi connectivity index (χ2n) is 4.83. The SMILES string of the molecule is CN(c1cccc(C(=O)Nc2c(F)cccc2F)c1)S(C)(=O)=O. The van der Waals surface area contributed by atoms with Crippen LogP contribution < -0.4 is 9.62 Å². The van der Waals surface area contributed by atoms with Crippen LogP contribution in [0.5, 0.6) is 0 Å². The molecule has 0 saturated heterocycles. The van der Waals surface area contributed by atoms with Gasteiger partial charge in [0.2, 0.25) is 10.0 Å². The van der Waals surface area contributed by atoms with E-state index in [-0.39, 0.29) is 11.3 Å². The van der Waals surface area contributed by atoms with E-state index in [9.17, 15) is 22.0 Å². The lowest BCUT2D eigenvalue weighted by Crippen LogP contribution is -2.25. The van der Waals surface area contributed by atoms with E-state index < -0.39 is 33.3 Å². The Morgan fingerprint density at radius 1 is 1.09 bits per heavy atom. The highest BCUT2D eigenvalue weighted by atomic mass is 32.2. The van der Waals surface area contributed by atoms with E-state index in [2.05, 4.69) is 5.32 Å². The third kappa shape index (κ3) is 3.84. The summed E-state index contributed by atoms with van der Waals surface area (Å²) in [5.41, 5.74) is -0.228. The summed E-state index contributed by atoms with van der Waals surface area (Å²) in [5, 5.41) is 2.14. The first-order valence-electron chi connectivity index (χ1n) is 6.49. The van der Waals surface area contributed by atoms with Crippen LogP contribution in [0.1, 0.15) is 10.4 Å². The molecule has 2 aromatic carbocycles. The summed E-state index contributed by atoms with van der Waals surface area (Å²) < 4.78 is 51.1. The van der Waals surface area contributed by atoms with Gasteiger partial charge in [0, 0.05) is 12.6 Å². The molecule has 1 amide bonds. The number of anilines is 2. The molecule has 122 valence electrons. The summed E-state index contributed by atoms with van der Waals surface area (Å²) in [6.07, 6.45) is 1.02. The van der Waals surface area contributed by atoms with Gasteiger partial charge in [-0.15, -0.1) is 0 Å². The second-order valence-corrected chi connectivity index (χ2v) is 6.85. The van der Waals surface area contributed by atoms with E-state index in [1.807, 2.05) is 0 Å². The average molecular weight is 340 g/mol. The monoisotopic (exact) mass is 340 g/mol. The first kappa shape index (κ1) is 16.9. The van der Waals surface area contributed by atoms with Crippen molar-refractivity contribution in [1.82, 2.24) is 0 Å². The van der Waals surface area contributed by atoms with E-state index in [1.54, 1.807) is 0 Å². The first-order valence-corrected chi connectivity index (χ1v) is 8.34. The highest BCUT2D eigenvalue weighted by Crippen LogP contribution is 2.21. The summed E-state index contributed by atoms with van der Waals surface area (Å²) in [5.74, 6) is -2.55. The summed E-state index contributed by atoms with van der Waals surface area (Å²) in [7, 11) is -2.15. The van der Waals surface area contributed by atoms with Gasteiger partial charge in [-0.1, -0.05) is 12.1 Å². The van der Waals surface area contributed by atoms with Gasteiger partial charge in [-0.25, -0.2) is 17.2 Å². The second kappa shape index (κ2) is 6.33. The molecular formula is C15H14F2N2O3S. The van der Waals surface area contributed by atoms with Crippen molar-refractivity contribution in [2.24, 2.45) is 0 Å². The number of sulfonamides is 1. The Morgan fingerprint density at radius 3 is 2.22 bits per heavy atom. The minimum atomic E-state index is -3.49. The minimum absolute atomic E-state index is 0.0700. The van der Waals surface area contributed by atoms with Gasteiger partial charge in [-0.2, -0.15) is 0 Å². The fourth-order valence-electron chi connectivity index (χ4n) is 1.84. The molecule has 23 heavy (non-hydrogen) atoms. The molecule has 0 atom stereocenters. The van der Waals surface area contributed by atoms with Gasteiger partial charge in [0.05, 0.1) is 11.9 Å². The zero-order valence-corrected chi connectivity index (χ0v) is 13.2. The topological polar surface area (TPSA) is 66.5 Å². The molecule has 0 radical (unpaired) electrons. The molecule has 0 aliphatic rings. The fourth-order valence-corrected chi connectivity index (χ4v) is 2.33. The molecule has 2 aromatic rings. The maximum Gasteiger partial charge on any atom is 0.255 e. The third-order valence-electron chi connectivity index (χ3n) is 3.17. The van der Waals surface area contributed by atoms with Crippen LogP contribution in [0.3, 0.4) is 0 Å². The number of para-hydroxylation sites is 1. The number of nitrogens with one attached hydrogen (secondary N) is 1. The van der Waals surface area contributed by atoms with E-state index in [0.717, 1.165) is 22.7 Å². The number of amides is 1. The Hall–Kier alpha value is -2.48. The van der Waals surface area contributed by atoms with Gasteiger partial charge in [0.15, 0.2) is 0 Å². The molecule has 8 heteroatoms. The van der Waals surface area contributed by atoms with Crippen LogP contribution in [-0.2, 0) is 10.0 Å². The molecule has 0 saturated carbocycles. The lowest BCUT2D eigenvalue weighted by molar-refractivity contribution is 0.102. The number of rotatable bonds is 4. The Kier molecular flexibility index (Phi) is 4.65. The molecule has 0 fully saturated rings. The maximum atomic E-state index is 13.5. The van der Waals surface area contributed by atoms with E-state index in [0.29, 0.717) is 0 Å². The van der Waals surface area contributed by atoms with E-state index in [4.69, 9.17) is 0 Å². The van der Waals surface area contributed by atoms with Crippen LogP contribution >= 0.6 is 0 Å². The standard InChI is InChI=1S/C15H14F2N2O3S/c1-19(23(2,21)22)11-6-3-5-10(9-11)15(20)18-14-12(16)7-4-8-13(14)17/h3-9H,1-2H3,(H,18,20). The summed E-state index contributed by atoms with van der Waals surface area (Å²) in [4.78, 5) is 12.1. The molecule has 0 unspecified atom stereocenters. The quantitative estimate of drug-likeness (QED) is 0.930. The van der Waals surface area contributed by atoms with Crippen LogP contribution in [0, 0.1) is 11.6 Å². The zero-order valence-electron chi connectivity index (χ0n) is 12.4. The summed E-state index contributed by atoms with van der Waals surface area (Å²) >= 11 is 0. The molecular weight excluding hydrogens is 326 g/mol. The Balaban J connectivity index is 2.31. The van der Waals surface area contributed by atoms with Crippen molar-refractivity contribution in [2.75, 3.05) is 22.9 Å². The zero-order chi connectivity index (χ0) is 17.2. The number of benzene rings is 2. The molecule has 5 nitrogen and oxygen atoms in total. The van der Waals surface area contributed by atoms with Gasteiger partial charge in [-0.05, 0) is 30.3 Å². The Labute approximate surface area is 132 Å². The van der Waals surface area contributed by atoms with E-state index >= 15 is 0 Å². The Morgan fingerprint density at radius 2 is 1.65 bits per heavy atom. The van der Waals surface area contributed by atoms with Crippen LogP contribution in [0.4, 0.5) is 20.2 Å². The molecule has 1 N–H and O–H groups in total. The molecule has 0 spiro atoms. The average Bonchev–Trinajstić information content (AvgIpc) is 2.49. The lowest BCUT2D eigenvalue weighted by atomic mass is 10.2. The normalized spacial score (nSPS) is 11.1. The summed E-state index contributed by atoms with van der Waals surface area (Å²) in [6.45, 7) is 0. The number of hydrogen-bond donors (Lipinski definition) is 1. The first-order chi connectivity index (χ1) is 10.7. The molecule has 2 rings (SSSR count). The molecule has 0 aliphatic heterocycles. The van der Waals surface area contributed by atoms with Gasteiger partial charge in [-0.3, -0.25) is 9.10 Å². The number of nitrogens with zero attached hydrogens (tertiary/aromatic N) is 1. The molecule has 0 aliphatic carbocycles. The highest BCUT2D eigenvalue weighted by molar-refractivity contribution is 7.92. The van der Waals surface area contributed by atoms with E-state index in [1.165, 1.54) is 37.4 Å².